The predicted octanol–water partition coefficient (Wildman–Crippen LogP) is 1.72. The maximum absolute atomic E-state index is 9.33. The molecule has 0 saturated heterocycles. The molecule has 0 saturated carbocycles. The van der Waals surface area contributed by atoms with Crippen LogP contribution >= 0.6 is 0 Å². The van der Waals surface area contributed by atoms with Gasteiger partial charge in [-0.1, -0.05) is 6.92 Å². The fraction of sp³-hybridized carbons (Fsp3) is 0.417. The lowest BCUT2D eigenvalue weighted by molar-refractivity contribution is 0.104. The Balaban J connectivity index is 2.72. The molecule has 0 amide bonds. The van der Waals surface area contributed by atoms with E-state index in [1.54, 1.807) is 18.2 Å². The topological polar surface area (TPSA) is 62.5 Å². The summed E-state index contributed by atoms with van der Waals surface area (Å²) in [6, 6.07) is 7.00. The Morgan fingerprint density at radius 1 is 1.50 bits per heavy atom. The van der Waals surface area contributed by atoms with E-state index < -0.39 is 6.10 Å². The summed E-state index contributed by atoms with van der Waals surface area (Å²) in [5.41, 5.74) is 0.422. The second kappa shape index (κ2) is 5.99. The number of aliphatic hydroxyl groups is 1. The molecule has 0 aliphatic heterocycles. The molecule has 16 heavy (non-hydrogen) atoms. The lowest BCUT2D eigenvalue weighted by Crippen LogP contribution is -2.16. The van der Waals surface area contributed by atoms with Gasteiger partial charge in [0.05, 0.1) is 18.8 Å². The Bertz CT molecular complexity index is 384. The first-order valence-corrected chi connectivity index (χ1v) is 5.10. The molecule has 1 atom stereocenters. The highest BCUT2D eigenvalue weighted by molar-refractivity contribution is 5.47. The second-order valence-corrected chi connectivity index (χ2v) is 3.35. The van der Waals surface area contributed by atoms with Gasteiger partial charge >= 0.3 is 0 Å². The molecule has 4 nitrogen and oxygen atoms in total. The summed E-state index contributed by atoms with van der Waals surface area (Å²) >= 11 is 0. The van der Waals surface area contributed by atoms with E-state index in [4.69, 9.17) is 14.7 Å². The van der Waals surface area contributed by atoms with Crippen LogP contribution in [0, 0.1) is 11.3 Å². The number of methoxy groups -OCH3 is 1. The molecule has 1 aromatic rings. The highest BCUT2D eigenvalue weighted by atomic mass is 16.5. The Labute approximate surface area is 95.0 Å². The summed E-state index contributed by atoms with van der Waals surface area (Å²) in [5, 5.41) is 18.2. The number of aliphatic hydroxyl groups excluding tert-OH is 1. The van der Waals surface area contributed by atoms with Crippen molar-refractivity contribution in [2.75, 3.05) is 13.7 Å². The third-order valence-corrected chi connectivity index (χ3v) is 2.21. The van der Waals surface area contributed by atoms with Crippen LogP contribution in [0.3, 0.4) is 0 Å². The van der Waals surface area contributed by atoms with Gasteiger partial charge in [0.2, 0.25) is 0 Å². The van der Waals surface area contributed by atoms with E-state index in [-0.39, 0.29) is 6.61 Å². The summed E-state index contributed by atoms with van der Waals surface area (Å²) in [4.78, 5) is 0. The van der Waals surface area contributed by atoms with Crippen molar-refractivity contribution in [3.63, 3.8) is 0 Å². The highest BCUT2D eigenvalue weighted by Gasteiger charge is 2.06. The fourth-order valence-corrected chi connectivity index (χ4v) is 1.17. The molecule has 0 aromatic heterocycles. The zero-order valence-corrected chi connectivity index (χ0v) is 9.43. The Morgan fingerprint density at radius 3 is 2.81 bits per heavy atom. The Kier molecular flexibility index (Phi) is 4.62. The molecule has 0 spiro atoms. The molecule has 0 heterocycles. The van der Waals surface area contributed by atoms with E-state index in [9.17, 15) is 5.11 Å². The molecule has 1 rings (SSSR count). The SMILES string of the molecule is CC[C@H](O)COc1ccc(OC)c(C#N)c1. The molecule has 4 heteroatoms. The number of nitrogens with zero attached hydrogens (tertiary/aromatic N) is 1. The minimum absolute atomic E-state index is 0.230. The number of hydrogen-bond donors (Lipinski definition) is 1. The van der Waals surface area contributed by atoms with E-state index in [1.165, 1.54) is 7.11 Å². The maximum Gasteiger partial charge on any atom is 0.136 e. The monoisotopic (exact) mass is 221 g/mol. The van der Waals surface area contributed by atoms with Gasteiger partial charge in [-0.2, -0.15) is 5.26 Å². The van der Waals surface area contributed by atoms with Crippen molar-refractivity contribution in [1.29, 1.82) is 5.26 Å². The van der Waals surface area contributed by atoms with Crippen LogP contribution in [0.2, 0.25) is 0 Å². The van der Waals surface area contributed by atoms with Crippen LogP contribution in [-0.4, -0.2) is 24.9 Å². The summed E-state index contributed by atoms with van der Waals surface area (Å²) in [5.74, 6) is 1.08. The average molecular weight is 221 g/mol. The van der Waals surface area contributed by atoms with Crippen LogP contribution in [0.1, 0.15) is 18.9 Å². The van der Waals surface area contributed by atoms with Crippen molar-refractivity contribution >= 4 is 0 Å². The largest absolute Gasteiger partial charge is 0.495 e. The van der Waals surface area contributed by atoms with Gasteiger partial charge in [-0.3, -0.25) is 0 Å². The molecule has 1 aromatic carbocycles. The minimum Gasteiger partial charge on any atom is -0.495 e. The first-order chi connectivity index (χ1) is 7.71. The average Bonchev–Trinajstić information content (AvgIpc) is 2.35. The number of nitriles is 1. The lowest BCUT2D eigenvalue weighted by Gasteiger charge is -2.11. The van der Waals surface area contributed by atoms with Gasteiger partial charge in [0.25, 0.3) is 0 Å². The quantitative estimate of drug-likeness (QED) is 0.822. The van der Waals surface area contributed by atoms with Crippen LogP contribution in [0.4, 0.5) is 0 Å². The summed E-state index contributed by atoms with van der Waals surface area (Å²) in [7, 11) is 1.51. The van der Waals surface area contributed by atoms with Gasteiger partial charge < -0.3 is 14.6 Å². The summed E-state index contributed by atoms with van der Waals surface area (Å²) < 4.78 is 10.4. The summed E-state index contributed by atoms with van der Waals surface area (Å²) in [6.07, 6.45) is 0.161. The zero-order valence-electron chi connectivity index (χ0n) is 9.43. The molecule has 0 radical (unpaired) electrons. The molecular formula is C12H15NO3. The first kappa shape index (κ1) is 12.3. The van der Waals surface area contributed by atoms with Gasteiger partial charge in [0, 0.05) is 6.07 Å². The van der Waals surface area contributed by atoms with Crippen molar-refractivity contribution < 1.29 is 14.6 Å². The number of ether oxygens (including phenoxy) is 2. The van der Waals surface area contributed by atoms with Crippen molar-refractivity contribution in [2.45, 2.75) is 19.4 Å². The van der Waals surface area contributed by atoms with Crippen LogP contribution in [0.15, 0.2) is 18.2 Å². The third-order valence-electron chi connectivity index (χ3n) is 2.21. The van der Waals surface area contributed by atoms with Crippen LogP contribution in [0.5, 0.6) is 11.5 Å². The Morgan fingerprint density at radius 2 is 2.25 bits per heavy atom. The van der Waals surface area contributed by atoms with E-state index >= 15 is 0 Å². The van der Waals surface area contributed by atoms with Crippen LogP contribution in [0.25, 0.3) is 0 Å². The second-order valence-electron chi connectivity index (χ2n) is 3.35. The normalized spacial score (nSPS) is 11.6. The standard InChI is InChI=1S/C12H15NO3/c1-3-10(14)8-16-11-4-5-12(15-2)9(6-11)7-13/h4-6,10,14H,3,8H2,1-2H3/t10-/m0/s1. The highest BCUT2D eigenvalue weighted by Crippen LogP contribution is 2.23. The van der Waals surface area contributed by atoms with Crippen molar-refractivity contribution in [3.05, 3.63) is 23.8 Å². The van der Waals surface area contributed by atoms with E-state index in [0.717, 1.165) is 0 Å². The molecule has 1 N–H and O–H groups in total. The lowest BCUT2D eigenvalue weighted by atomic mass is 10.2. The van der Waals surface area contributed by atoms with Crippen LogP contribution < -0.4 is 9.47 Å². The molecular weight excluding hydrogens is 206 g/mol. The van der Waals surface area contributed by atoms with Crippen molar-refractivity contribution in [2.24, 2.45) is 0 Å². The van der Waals surface area contributed by atoms with E-state index in [0.29, 0.717) is 23.5 Å². The fourth-order valence-electron chi connectivity index (χ4n) is 1.17. The first-order valence-electron chi connectivity index (χ1n) is 5.10. The predicted molar refractivity (Wildman–Crippen MR) is 59.5 cm³/mol. The Hall–Kier alpha value is -1.73. The van der Waals surface area contributed by atoms with Gasteiger partial charge in [-0.15, -0.1) is 0 Å². The maximum atomic E-state index is 9.33. The third kappa shape index (κ3) is 3.14. The zero-order chi connectivity index (χ0) is 12.0. The van der Waals surface area contributed by atoms with Gasteiger partial charge in [0.1, 0.15) is 24.2 Å². The van der Waals surface area contributed by atoms with Gasteiger partial charge in [0.15, 0.2) is 0 Å². The molecule has 0 fully saturated rings. The number of rotatable bonds is 5. The van der Waals surface area contributed by atoms with E-state index in [1.807, 2.05) is 13.0 Å². The summed E-state index contributed by atoms with van der Waals surface area (Å²) in [6.45, 7) is 2.11. The smallest absolute Gasteiger partial charge is 0.136 e. The molecule has 0 aliphatic carbocycles. The van der Waals surface area contributed by atoms with E-state index in [2.05, 4.69) is 0 Å². The molecule has 86 valence electrons. The van der Waals surface area contributed by atoms with Crippen molar-refractivity contribution in [1.82, 2.24) is 0 Å². The number of benzene rings is 1. The molecule has 0 aliphatic rings. The van der Waals surface area contributed by atoms with Crippen LogP contribution in [-0.2, 0) is 0 Å². The number of hydrogen-bond acceptors (Lipinski definition) is 4. The van der Waals surface area contributed by atoms with Gasteiger partial charge in [-0.25, -0.2) is 0 Å². The molecule has 0 bridgehead atoms. The van der Waals surface area contributed by atoms with Crippen molar-refractivity contribution in [3.8, 4) is 17.6 Å². The molecule has 0 unspecified atom stereocenters. The van der Waals surface area contributed by atoms with Gasteiger partial charge in [-0.05, 0) is 18.6 Å². The minimum atomic E-state index is -0.479.